The van der Waals surface area contributed by atoms with E-state index in [0.717, 1.165) is 11.1 Å². The molecule has 0 saturated heterocycles. The summed E-state index contributed by atoms with van der Waals surface area (Å²) in [4.78, 5) is 15.6. The number of aryl methyl sites for hydroxylation is 1. The second-order valence-corrected chi connectivity index (χ2v) is 8.20. The molecule has 7 nitrogen and oxygen atoms in total. The van der Waals surface area contributed by atoms with Crippen LogP contribution in [-0.4, -0.2) is 33.6 Å². The van der Waals surface area contributed by atoms with Gasteiger partial charge >= 0.3 is 0 Å². The maximum absolute atomic E-state index is 11.7. The molecule has 0 aliphatic heterocycles. The Labute approximate surface area is 182 Å². The van der Waals surface area contributed by atoms with Gasteiger partial charge in [-0.2, -0.15) is 0 Å². The number of nitrogens with zero attached hydrogens (tertiary/aromatic N) is 1. The second-order valence-electron chi connectivity index (χ2n) is 6.21. The van der Waals surface area contributed by atoms with Crippen molar-refractivity contribution < 1.29 is 13.2 Å². The van der Waals surface area contributed by atoms with Crippen LogP contribution in [0.15, 0.2) is 52.4 Å². The summed E-state index contributed by atoms with van der Waals surface area (Å²) in [6.07, 6.45) is 1.20. The van der Waals surface area contributed by atoms with Crippen molar-refractivity contribution in [3.8, 4) is 0 Å². The van der Waals surface area contributed by atoms with Crippen LogP contribution in [0.3, 0.4) is 0 Å². The minimum atomic E-state index is -3.22. The van der Waals surface area contributed by atoms with E-state index < -0.39 is 15.7 Å². The summed E-state index contributed by atoms with van der Waals surface area (Å²) in [7, 11) is -1.55. The first kappa shape index (κ1) is 23.9. The number of nitrogens with one attached hydrogen (secondary N) is 2. The molecular formula is C19H25IN4O3S. The van der Waals surface area contributed by atoms with Gasteiger partial charge in [0.2, 0.25) is 5.91 Å². The first-order valence-electron chi connectivity index (χ1n) is 8.33. The number of hydrogen-bond acceptors (Lipinski definition) is 4. The zero-order chi connectivity index (χ0) is 20.0. The number of hydrogen-bond donors (Lipinski definition) is 3. The Balaban J connectivity index is 0.00000392. The number of guanidine groups is 1. The first-order valence-corrected chi connectivity index (χ1v) is 10.2. The lowest BCUT2D eigenvalue weighted by Crippen LogP contribution is -2.36. The van der Waals surface area contributed by atoms with Gasteiger partial charge in [-0.1, -0.05) is 24.3 Å². The van der Waals surface area contributed by atoms with Gasteiger partial charge in [0.25, 0.3) is 0 Å². The van der Waals surface area contributed by atoms with Crippen LogP contribution in [0.2, 0.25) is 0 Å². The SMILES string of the molecule is CN=C(NCc1ccc(C(N)=O)cc1)NCc1ccc(S(C)(=O)=O)c(C)c1.I. The molecule has 0 heterocycles. The molecule has 0 unspecified atom stereocenters. The Kier molecular flexibility index (Phi) is 8.89. The summed E-state index contributed by atoms with van der Waals surface area (Å²) >= 11 is 0. The Bertz CT molecular complexity index is 958. The number of sulfone groups is 1. The zero-order valence-corrected chi connectivity index (χ0v) is 19.2. The molecular weight excluding hydrogens is 491 g/mol. The van der Waals surface area contributed by atoms with Gasteiger partial charge < -0.3 is 16.4 Å². The Morgan fingerprint density at radius 1 is 1.04 bits per heavy atom. The molecule has 0 saturated carbocycles. The van der Waals surface area contributed by atoms with Crippen LogP contribution in [0.25, 0.3) is 0 Å². The minimum absolute atomic E-state index is 0. The molecule has 0 spiro atoms. The van der Waals surface area contributed by atoms with E-state index in [0.29, 0.717) is 35.1 Å². The molecule has 0 bridgehead atoms. The summed E-state index contributed by atoms with van der Waals surface area (Å²) in [5.41, 5.74) is 8.35. The summed E-state index contributed by atoms with van der Waals surface area (Å²) in [6.45, 7) is 2.82. The van der Waals surface area contributed by atoms with E-state index in [2.05, 4.69) is 15.6 Å². The van der Waals surface area contributed by atoms with E-state index in [9.17, 15) is 13.2 Å². The summed E-state index contributed by atoms with van der Waals surface area (Å²) < 4.78 is 23.4. The Hall–Kier alpha value is -2.14. The largest absolute Gasteiger partial charge is 0.366 e. The van der Waals surface area contributed by atoms with Crippen molar-refractivity contribution in [3.63, 3.8) is 0 Å². The van der Waals surface area contributed by atoms with Crippen molar-refractivity contribution in [2.24, 2.45) is 10.7 Å². The van der Waals surface area contributed by atoms with Crippen molar-refractivity contribution in [2.75, 3.05) is 13.3 Å². The third-order valence-corrected chi connectivity index (χ3v) is 5.28. The molecule has 2 rings (SSSR count). The van der Waals surface area contributed by atoms with E-state index in [-0.39, 0.29) is 24.0 Å². The molecule has 152 valence electrons. The van der Waals surface area contributed by atoms with Crippen molar-refractivity contribution in [1.82, 2.24) is 10.6 Å². The molecule has 0 aliphatic rings. The van der Waals surface area contributed by atoms with E-state index in [4.69, 9.17) is 5.73 Å². The minimum Gasteiger partial charge on any atom is -0.366 e. The van der Waals surface area contributed by atoms with E-state index in [1.54, 1.807) is 38.2 Å². The zero-order valence-electron chi connectivity index (χ0n) is 16.0. The lowest BCUT2D eigenvalue weighted by Gasteiger charge is -2.13. The quantitative estimate of drug-likeness (QED) is 0.309. The molecule has 0 aromatic heterocycles. The lowest BCUT2D eigenvalue weighted by atomic mass is 10.1. The first-order chi connectivity index (χ1) is 12.7. The van der Waals surface area contributed by atoms with E-state index >= 15 is 0 Å². The molecule has 28 heavy (non-hydrogen) atoms. The van der Waals surface area contributed by atoms with Crippen LogP contribution in [0.4, 0.5) is 0 Å². The molecule has 0 radical (unpaired) electrons. The number of aliphatic imine (C=N–C) groups is 1. The van der Waals surface area contributed by atoms with Gasteiger partial charge in [-0.25, -0.2) is 8.42 Å². The standard InChI is InChI=1S/C19H24N4O3S.HI/c1-13-10-15(6-9-17(13)27(3,25)26)12-23-19(21-2)22-11-14-4-7-16(8-5-14)18(20)24;/h4-10H,11-12H2,1-3H3,(H2,20,24)(H2,21,22,23);1H. The van der Waals surface area contributed by atoms with Gasteiger partial charge in [0, 0.05) is 32.0 Å². The molecule has 9 heteroatoms. The number of rotatable bonds is 6. The highest BCUT2D eigenvalue weighted by atomic mass is 127. The topological polar surface area (TPSA) is 114 Å². The van der Waals surface area contributed by atoms with Crippen LogP contribution < -0.4 is 16.4 Å². The Morgan fingerprint density at radius 3 is 2.04 bits per heavy atom. The van der Waals surface area contributed by atoms with Crippen LogP contribution in [0, 0.1) is 6.92 Å². The van der Waals surface area contributed by atoms with Gasteiger partial charge in [-0.15, -0.1) is 24.0 Å². The molecule has 0 atom stereocenters. The average molecular weight is 516 g/mol. The monoisotopic (exact) mass is 516 g/mol. The van der Waals surface area contributed by atoms with E-state index in [1.165, 1.54) is 6.26 Å². The Morgan fingerprint density at radius 2 is 1.57 bits per heavy atom. The second kappa shape index (κ2) is 10.4. The number of benzene rings is 2. The maximum atomic E-state index is 11.7. The normalized spacial score (nSPS) is 11.5. The maximum Gasteiger partial charge on any atom is 0.248 e. The third kappa shape index (κ3) is 6.79. The van der Waals surface area contributed by atoms with Crippen LogP contribution in [-0.2, 0) is 22.9 Å². The molecule has 0 aliphatic carbocycles. The molecule has 1 amide bonds. The summed E-state index contributed by atoms with van der Waals surface area (Å²) in [5.74, 6) is 0.156. The van der Waals surface area contributed by atoms with Crippen LogP contribution >= 0.6 is 24.0 Å². The molecule has 0 fully saturated rings. The lowest BCUT2D eigenvalue weighted by molar-refractivity contribution is 0.100. The molecule has 2 aromatic rings. The number of carbonyl (C=O) groups is 1. The van der Waals surface area contributed by atoms with Gasteiger partial charge in [0.05, 0.1) is 4.90 Å². The average Bonchev–Trinajstić information content (AvgIpc) is 2.61. The number of nitrogens with two attached hydrogens (primary N) is 1. The predicted octanol–water partition coefficient (Wildman–Crippen LogP) is 1.98. The van der Waals surface area contributed by atoms with Crippen molar-refractivity contribution in [2.45, 2.75) is 24.9 Å². The highest BCUT2D eigenvalue weighted by Crippen LogP contribution is 2.16. The van der Waals surface area contributed by atoms with Crippen molar-refractivity contribution in [3.05, 3.63) is 64.7 Å². The fourth-order valence-corrected chi connectivity index (χ4v) is 3.58. The van der Waals surface area contributed by atoms with Gasteiger partial charge in [0.15, 0.2) is 15.8 Å². The number of primary amides is 1. The highest BCUT2D eigenvalue weighted by molar-refractivity contribution is 14.0. The van der Waals surface area contributed by atoms with Crippen LogP contribution in [0.1, 0.15) is 27.0 Å². The van der Waals surface area contributed by atoms with Crippen molar-refractivity contribution >= 4 is 45.7 Å². The molecule has 2 aromatic carbocycles. The number of halogens is 1. The van der Waals surface area contributed by atoms with E-state index in [1.807, 2.05) is 18.2 Å². The van der Waals surface area contributed by atoms with Crippen molar-refractivity contribution in [1.29, 1.82) is 0 Å². The fraction of sp³-hybridized carbons (Fsp3) is 0.263. The van der Waals surface area contributed by atoms with Gasteiger partial charge in [-0.05, 0) is 41.8 Å². The highest BCUT2D eigenvalue weighted by Gasteiger charge is 2.11. The fourth-order valence-electron chi connectivity index (χ4n) is 2.62. The predicted molar refractivity (Wildman–Crippen MR) is 122 cm³/mol. The van der Waals surface area contributed by atoms with Gasteiger partial charge in [0.1, 0.15) is 0 Å². The van der Waals surface area contributed by atoms with Gasteiger partial charge in [-0.3, -0.25) is 9.79 Å². The summed E-state index contributed by atoms with van der Waals surface area (Å²) in [6, 6.07) is 12.3. The van der Waals surface area contributed by atoms with Crippen LogP contribution in [0.5, 0.6) is 0 Å². The smallest absolute Gasteiger partial charge is 0.248 e. The third-order valence-electron chi connectivity index (χ3n) is 4.02. The summed E-state index contributed by atoms with van der Waals surface area (Å²) in [5, 5.41) is 6.37. The molecule has 4 N–H and O–H groups in total. The number of amides is 1. The number of carbonyl (C=O) groups excluding carboxylic acids is 1.